The highest BCUT2D eigenvalue weighted by atomic mass is 32.2. The van der Waals surface area contributed by atoms with Crippen molar-refractivity contribution in [3.05, 3.63) is 242 Å². The van der Waals surface area contributed by atoms with Crippen molar-refractivity contribution >= 4 is 82.9 Å². The lowest BCUT2D eigenvalue weighted by Gasteiger charge is -2.21. The van der Waals surface area contributed by atoms with Crippen LogP contribution in [0.5, 0.6) is 5.75 Å². The lowest BCUT2D eigenvalue weighted by atomic mass is 10.1. The summed E-state index contributed by atoms with van der Waals surface area (Å²) in [5, 5.41) is 8.90. The highest BCUT2D eigenvalue weighted by molar-refractivity contribution is 8.06. The molecular formula is C61H53FN14O12S6. The van der Waals surface area contributed by atoms with Gasteiger partial charge in [0.15, 0.2) is 27.0 Å². The number of furan rings is 1. The number of hydrogen-bond donors (Lipinski definition) is 4. The minimum atomic E-state index is -3.86. The lowest BCUT2D eigenvalue weighted by Crippen LogP contribution is -2.31. The van der Waals surface area contributed by atoms with Crippen LogP contribution in [0.3, 0.4) is 0 Å². The second kappa shape index (κ2) is 28.2. The number of aryl methyl sites for hydroxylation is 1. The van der Waals surface area contributed by atoms with Crippen LogP contribution in [0.1, 0.15) is 78.7 Å². The Hall–Kier alpha value is -9.13. The Morgan fingerprint density at radius 1 is 0.564 bits per heavy atom. The number of thiazole rings is 1. The fourth-order valence-corrected chi connectivity index (χ4v) is 16.3. The molecule has 0 amide bonds. The highest BCUT2D eigenvalue weighted by Crippen LogP contribution is 2.32. The average Bonchev–Trinajstić information content (AvgIpc) is 1.92. The van der Waals surface area contributed by atoms with Crippen molar-refractivity contribution in [1.29, 1.82) is 0 Å². The quantitative estimate of drug-likeness (QED) is 0.0814. The van der Waals surface area contributed by atoms with Crippen molar-refractivity contribution in [1.82, 2.24) is 49.0 Å². The van der Waals surface area contributed by atoms with Gasteiger partial charge in [-0.05, 0) is 85.1 Å². The fourth-order valence-electron chi connectivity index (χ4n) is 9.95. The number of ether oxygens (including phenoxy) is 2. The first-order chi connectivity index (χ1) is 45.4. The van der Waals surface area contributed by atoms with Gasteiger partial charge >= 0.3 is 0 Å². The summed E-state index contributed by atoms with van der Waals surface area (Å²) in [5.41, 5.74) is 9.43. The molecule has 0 spiro atoms. The third-order valence-corrected chi connectivity index (χ3v) is 21.9. The monoisotopic (exact) mass is 1380 g/mol. The van der Waals surface area contributed by atoms with Crippen molar-refractivity contribution in [2.45, 2.75) is 65.9 Å². The molecule has 0 atom stereocenters. The summed E-state index contributed by atoms with van der Waals surface area (Å²) in [6, 6.07) is 31.3. The summed E-state index contributed by atoms with van der Waals surface area (Å²) in [4.78, 5) is 38.5. The molecule has 26 nitrogen and oxygen atoms in total. The van der Waals surface area contributed by atoms with Crippen LogP contribution in [0.4, 0.5) is 4.39 Å². The van der Waals surface area contributed by atoms with E-state index in [1.165, 1.54) is 36.0 Å². The maximum atomic E-state index is 13.8. The summed E-state index contributed by atoms with van der Waals surface area (Å²) in [6.07, 6.45) is 9.48. The third kappa shape index (κ3) is 14.8. The number of pyridine rings is 4. The Balaban J connectivity index is 0.000000121. The molecular weight excluding hydrogens is 1330 g/mol. The summed E-state index contributed by atoms with van der Waals surface area (Å²) >= 11 is 3.11. The number of thiophene rings is 1. The number of fused-ring (bicyclic) bond motifs is 5. The van der Waals surface area contributed by atoms with Gasteiger partial charge in [0.2, 0.25) is 0 Å². The van der Waals surface area contributed by atoms with Crippen LogP contribution < -0.4 is 23.6 Å². The molecule has 0 unspecified atom stereocenters. The van der Waals surface area contributed by atoms with Gasteiger partial charge in [-0.15, -0.1) is 22.7 Å². The Kier molecular flexibility index (Phi) is 19.5. The van der Waals surface area contributed by atoms with E-state index in [0.29, 0.717) is 97.7 Å². The Morgan fingerprint density at radius 3 is 1.60 bits per heavy atom. The van der Waals surface area contributed by atoms with E-state index in [4.69, 9.17) is 18.4 Å². The number of sulfonamides is 4. The molecule has 33 heteroatoms. The molecule has 2 aromatic carbocycles. The second-order valence-electron chi connectivity index (χ2n) is 20.6. The molecule has 0 radical (unpaired) electrons. The standard InChI is InChI=1S/C18H16N4O3S.C16H14FN3O4S.C15H12N4O2S3.C12H11N3O3S/c1-12-15(17(22-25-12)13-6-3-2-4-7-13)10-21-26(23,24)18-14-8-5-9-19-16(14)11-20-18;17-12-4-10(15-11(5-12)8-23-9-24-15)6-20-25(21,22)16-13-2-1-3-18-14(13)7-19-16;20-24(21,15-11-3-1-5-16-12(11)8-17-15)18-7-10-9-23-14(19-10)13-4-2-6-22-13;16-19(17,15-6-9-3-5-18-8-9)12-10-2-1-4-13-11(10)7-14-12/h2-9,21H,10-11H2,1H3;1-5,20H,6-9H2;1-6,9,18H,7-8H2;1-5,8,15H,6-7H2. The number of nitrogens with one attached hydrogen (secondary N) is 4. The molecule has 94 heavy (non-hydrogen) atoms. The number of aromatic nitrogens is 6. The van der Waals surface area contributed by atoms with Crippen LogP contribution in [0.15, 0.2) is 186 Å². The van der Waals surface area contributed by atoms with E-state index in [9.17, 15) is 38.1 Å². The molecule has 0 saturated heterocycles. The smallest absolute Gasteiger partial charge is 0.258 e. The molecule has 5 aliphatic heterocycles. The lowest BCUT2D eigenvalue weighted by molar-refractivity contribution is -0.0172. The summed E-state index contributed by atoms with van der Waals surface area (Å²) in [5.74, 6) is 0.544. The summed E-state index contributed by atoms with van der Waals surface area (Å²) in [7, 11) is -15.0. The molecule has 0 aliphatic carbocycles. The van der Waals surface area contributed by atoms with Crippen LogP contribution in [0, 0.1) is 12.7 Å². The molecule has 482 valence electrons. The Bertz CT molecular complexity index is 5050. The molecule has 0 bridgehead atoms. The zero-order valence-corrected chi connectivity index (χ0v) is 54.2. The normalized spacial score (nSPS) is 14.4. The Morgan fingerprint density at radius 2 is 1.09 bits per heavy atom. The minimum absolute atomic E-state index is 0.0240. The number of aliphatic imine (C=N–C) groups is 4. The molecule has 15 rings (SSSR count). The van der Waals surface area contributed by atoms with Gasteiger partial charge in [-0.25, -0.2) is 61.9 Å². The van der Waals surface area contributed by atoms with Crippen LogP contribution in [0.25, 0.3) is 21.1 Å². The topological polar surface area (TPSA) is 356 Å². The number of rotatable bonds is 14. The Labute approximate surface area is 546 Å². The van der Waals surface area contributed by atoms with Gasteiger partial charge < -0.3 is 18.4 Å². The van der Waals surface area contributed by atoms with Crippen molar-refractivity contribution in [3.8, 4) is 26.9 Å². The molecule has 8 aromatic heterocycles. The van der Waals surface area contributed by atoms with Crippen molar-refractivity contribution in [3.63, 3.8) is 0 Å². The van der Waals surface area contributed by atoms with E-state index in [0.717, 1.165) is 21.0 Å². The maximum Gasteiger partial charge on any atom is 0.258 e. The van der Waals surface area contributed by atoms with Gasteiger partial charge in [-0.3, -0.25) is 39.9 Å². The number of nitrogens with zero attached hydrogens (tertiary/aromatic N) is 10. The molecule has 13 heterocycles. The first kappa shape index (κ1) is 65.0. The predicted molar refractivity (Wildman–Crippen MR) is 348 cm³/mol. The molecule has 10 aromatic rings. The van der Waals surface area contributed by atoms with Crippen LogP contribution in [-0.2, 0) is 104 Å². The SMILES string of the molecule is Cc1onc(-c2ccccc2)c1CNS(=O)(=O)C1=NCc2ncccc21.O=S(=O)(NCc1cc(F)cc2c1OCOC2)C1=NCc2ncccc21.O=S(=O)(NCc1ccoc1)C1=NCc2ncccc21.O=S(=O)(NCc1csc(-c2cccs2)n1)C1=NCc2ncccc21. The molecule has 5 aliphatic rings. The number of halogens is 1. The zero-order valence-electron chi connectivity index (χ0n) is 49.3. The zero-order chi connectivity index (χ0) is 65.5. The van der Waals surface area contributed by atoms with E-state index in [1.54, 1.807) is 97.6 Å². The van der Waals surface area contributed by atoms with E-state index >= 15 is 0 Å². The predicted octanol–water partition coefficient (Wildman–Crippen LogP) is 7.59. The largest absolute Gasteiger partial charge is 0.472 e. The number of hydrogen-bond acceptors (Lipinski definition) is 24. The van der Waals surface area contributed by atoms with E-state index in [2.05, 4.69) is 68.9 Å². The van der Waals surface area contributed by atoms with Crippen molar-refractivity contribution < 1.29 is 56.5 Å². The van der Waals surface area contributed by atoms with Gasteiger partial charge in [0.25, 0.3) is 40.1 Å². The van der Waals surface area contributed by atoms with E-state index < -0.39 is 45.9 Å². The molecule has 4 N–H and O–H groups in total. The number of benzene rings is 2. The van der Waals surface area contributed by atoms with Gasteiger partial charge in [-0.1, -0.05) is 41.6 Å². The molecule has 0 saturated carbocycles. The highest BCUT2D eigenvalue weighted by Gasteiger charge is 2.33. The van der Waals surface area contributed by atoms with Gasteiger partial charge in [0, 0.05) is 99.9 Å². The van der Waals surface area contributed by atoms with Crippen LogP contribution in [0.2, 0.25) is 0 Å². The molecule has 0 fully saturated rings. The van der Waals surface area contributed by atoms with Gasteiger partial charge in [-0.2, -0.15) is 0 Å². The minimum Gasteiger partial charge on any atom is -0.472 e. The van der Waals surface area contributed by atoms with Gasteiger partial charge in [0.1, 0.15) is 28.0 Å². The van der Waals surface area contributed by atoms with Crippen molar-refractivity contribution in [2.24, 2.45) is 20.0 Å². The maximum absolute atomic E-state index is 13.8. The summed E-state index contributed by atoms with van der Waals surface area (Å²) < 4.78 is 145. The first-order valence-electron chi connectivity index (χ1n) is 28.4. The summed E-state index contributed by atoms with van der Waals surface area (Å²) in [6.45, 7) is 3.39. The average molecular weight is 1390 g/mol. The van der Waals surface area contributed by atoms with E-state index in [-0.39, 0.29) is 72.8 Å². The van der Waals surface area contributed by atoms with Crippen LogP contribution in [-0.4, -0.2) is 90.7 Å². The first-order valence-corrected chi connectivity index (χ1v) is 36.1. The third-order valence-electron chi connectivity index (χ3n) is 14.4. The second-order valence-corrected chi connectivity index (χ2v) is 29.2. The van der Waals surface area contributed by atoms with Crippen molar-refractivity contribution in [2.75, 3.05) is 6.79 Å². The van der Waals surface area contributed by atoms with Crippen LogP contribution >= 0.6 is 22.7 Å². The van der Waals surface area contributed by atoms with Gasteiger partial charge in [0.05, 0.1) is 85.2 Å². The van der Waals surface area contributed by atoms with E-state index in [1.807, 2.05) is 53.2 Å². The fraction of sp³-hybridized carbons (Fsp3) is 0.180.